The van der Waals surface area contributed by atoms with Crippen molar-refractivity contribution in [3.05, 3.63) is 39.7 Å². The third-order valence-electron chi connectivity index (χ3n) is 3.31. The van der Waals surface area contributed by atoms with Crippen molar-refractivity contribution < 1.29 is 22.5 Å². The van der Waals surface area contributed by atoms with Crippen molar-refractivity contribution in [3.8, 4) is 0 Å². The van der Waals surface area contributed by atoms with Crippen LogP contribution in [0.15, 0.2) is 18.2 Å². The first-order valence-electron chi connectivity index (χ1n) is 6.26. The Morgan fingerprint density at radius 1 is 1.22 bits per heavy atom. The van der Waals surface area contributed by atoms with Gasteiger partial charge in [0, 0.05) is 26.2 Å². The van der Waals surface area contributed by atoms with E-state index in [0.29, 0.717) is 19.2 Å². The van der Waals surface area contributed by atoms with Gasteiger partial charge in [0.2, 0.25) is 0 Å². The standard InChI is InChI=1S/C12H13F4N3O2.2ClH/c13-8-1-2-9(10(7-8)19(20)21)11(12(14,15)16)18-5-3-17-4-6-18;;/h1-2,7,11,17H,3-6H2;2*1H/t11-;;/m0../s1. The molecule has 11 heteroatoms. The maximum atomic E-state index is 13.4. The van der Waals surface area contributed by atoms with Crippen molar-refractivity contribution in [2.75, 3.05) is 26.2 Å². The molecule has 0 radical (unpaired) electrons. The van der Waals surface area contributed by atoms with Crippen LogP contribution in [-0.4, -0.2) is 42.2 Å². The molecule has 1 atom stereocenters. The molecule has 1 saturated heterocycles. The predicted molar refractivity (Wildman–Crippen MR) is 80.8 cm³/mol. The highest BCUT2D eigenvalue weighted by atomic mass is 35.5. The molecule has 2 rings (SSSR count). The van der Waals surface area contributed by atoms with Crippen molar-refractivity contribution in [2.45, 2.75) is 12.2 Å². The van der Waals surface area contributed by atoms with E-state index in [1.807, 2.05) is 0 Å². The lowest BCUT2D eigenvalue weighted by Gasteiger charge is -2.35. The molecule has 0 spiro atoms. The quantitative estimate of drug-likeness (QED) is 0.498. The third kappa shape index (κ3) is 5.17. The first-order valence-corrected chi connectivity index (χ1v) is 6.26. The second-order valence-electron chi connectivity index (χ2n) is 4.69. The third-order valence-corrected chi connectivity index (χ3v) is 3.31. The Bertz CT molecular complexity index is 540. The van der Waals surface area contributed by atoms with Gasteiger partial charge in [0.1, 0.15) is 11.9 Å². The Hall–Kier alpha value is -1.16. The van der Waals surface area contributed by atoms with E-state index in [1.165, 1.54) is 0 Å². The highest BCUT2D eigenvalue weighted by Crippen LogP contribution is 2.41. The minimum Gasteiger partial charge on any atom is -0.314 e. The van der Waals surface area contributed by atoms with Crippen LogP contribution < -0.4 is 5.32 Å². The van der Waals surface area contributed by atoms with Crippen LogP contribution in [0.2, 0.25) is 0 Å². The first-order chi connectivity index (χ1) is 9.80. The molecular weight excluding hydrogens is 365 g/mol. The van der Waals surface area contributed by atoms with Crippen LogP contribution in [0.25, 0.3) is 0 Å². The van der Waals surface area contributed by atoms with Crippen LogP contribution in [0, 0.1) is 15.9 Å². The molecule has 0 amide bonds. The molecule has 0 aliphatic carbocycles. The summed E-state index contributed by atoms with van der Waals surface area (Å²) in [5.74, 6) is -0.938. The number of hydrogen-bond acceptors (Lipinski definition) is 4. The lowest BCUT2D eigenvalue weighted by Crippen LogP contribution is -2.49. The molecule has 1 aromatic carbocycles. The number of benzene rings is 1. The van der Waals surface area contributed by atoms with Gasteiger partial charge in [-0.2, -0.15) is 13.2 Å². The fourth-order valence-electron chi connectivity index (χ4n) is 2.43. The maximum absolute atomic E-state index is 13.4. The number of alkyl halides is 3. The van der Waals surface area contributed by atoms with E-state index in [2.05, 4.69) is 5.32 Å². The lowest BCUT2D eigenvalue weighted by atomic mass is 10.0. The number of nitro benzene ring substituents is 1. The van der Waals surface area contributed by atoms with E-state index < -0.39 is 34.2 Å². The number of nitrogens with zero attached hydrogens (tertiary/aromatic N) is 2. The molecule has 132 valence electrons. The highest BCUT2D eigenvalue weighted by Gasteiger charge is 2.47. The molecule has 0 bridgehead atoms. The molecule has 1 aromatic rings. The molecule has 0 saturated carbocycles. The zero-order chi connectivity index (χ0) is 15.6. The van der Waals surface area contributed by atoms with E-state index in [4.69, 9.17) is 0 Å². The van der Waals surface area contributed by atoms with Crippen LogP contribution in [0.4, 0.5) is 23.2 Å². The van der Waals surface area contributed by atoms with Gasteiger partial charge in [0.15, 0.2) is 0 Å². The fourth-order valence-corrected chi connectivity index (χ4v) is 2.43. The van der Waals surface area contributed by atoms with Gasteiger partial charge in [0.05, 0.1) is 16.6 Å². The number of nitrogens with one attached hydrogen (secondary N) is 1. The van der Waals surface area contributed by atoms with Crippen LogP contribution in [0.3, 0.4) is 0 Å². The summed E-state index contributed by atoms with van der Waals surface area (Å²) in [6.07, 6.45) is -4.68. The minimum atomic E-state index is -4.68. The van der Waals surface area contributed by atoms with Gasteiger partial charge in [-0.05, 0) is 12.1 Å². The van der Waals surface area contributed by atoms with Gasteiger partial charge in [0.25, 0.3) is 5.69 Å². The van der Waals surface area contributed by atoms with Gasteiger partial charge in [-0.3, -0.25) is 15.0 Å². The van der Waals surface area contributed by atoms with E-state index in [1.54, 1.807) is 0 Å². The SMILES string of the molecule is Cl.Cl.O=[N+]([O-])c1cc(F)ccc1[C@H](N1CCNCC1)C(F)(F)F. The molecule has 23 heavy (non-hydrogen) atoms. The minimum absolute atomic E-state index is 0. The molecular formula is C12H15Cl2F4N3O2. The number of rotatable bonds is 3. The average molecular weight is 380 g/mol. The van der Waals surface area contributed by atoms with Crippen LogP contribution >= 0.6 is 24.8 Å². The van der Waals surface area contributed by atoms with E-state index in [-0.39, 0.29) is 37.9 Å². The number of nitro groups is 1. The second kappa shape index (κ2) is 8.62. The van der Waals surface area contributed by atoms with Crippen molar-refractivity contribution >= 4 is 30.5 Å². The molecule has 1 fully saturated rings. The molecule has 0 aromatic heterocycles. The highest BCUT2D eigenvalue weighted by molar-refractivity contribution is 5.85. The van der Waals surface area contributed by atoms with E-state index in [9.17, 15) is 27.7 Å². The summed E-state index contributed by atoms with van der Waals surface area (Å²) in [7, 11) is 0. The molecule has 1 N–H and O–H groups in total. The largest absolute Gasteiger partial charge is 0.408 e. The summed E-state index contributed by atoms with van der Waals surface area (Å²) in [5, 5.41) is 13.8. The molecule has 5 nitrogen and oxygen atoms in total. The second-order valence-corrected chi connectivity index (χ2v) is 4.69. The van der Waals surface area contributed by atoms with Gasteiger partial charge in [-0.1, -0.05) is 0 Å². The fraction of sp³-hybridized carbons (Fsp3) is 0.500. The monoisotopic (exact) mass is 379 g/mol. The lowest BCUT2D eigenvalue weighted by molar-refractivity contribution is -0.386. The van der Waals surface area contributed by atoms with Gasteiger partial charge < -0.3 is 5.32 Å². The van der Waals surface area contributed by atoms with Crippen molar-refractivity contribution in [1.29, 1.82) is 0 Å². The van der Waals surface area contributed by atoms with E-state index in [0.717, 1.165) is 17.0 Å². The molecule has 0 unspecified atom stereocenters. The summed E-state index contributed by atoms with van der Waals surface area (Å²) in [6, 6.07) is 0.0633. The summed E-state index contributed by atoms with van der Waals surface area (Å²) in [4.78, 5) is 11.1. The summed E-state index contributed by atoms with van der Waals surface area (Å²) >= 11 is 0. The zero-order valence-corrected chi connectivity index (χ0v) is 13.3. The first kappa shape index (κ1) is 21.8. The Balaban J connectivity index is 0.00000242. The van der Waals surface area contributed by atoms with Crippen molar-refractivity contribution in [1.82, 2.24) is 10.2 Å². The smallest absolute Gasteiger partial charge is 0.314 e. The van der Waals surface area contributed by atoms with Crippen molar-refractivity contribution in [2.24, 2.45) is 0 Å². The zero-order valence-electron chi connectivity index (χ0n) is 11.7. The number of piperazine rings is 1. The van der Waals surface area contributed by atoms with Crippen LogP contribution in [-0.2, 0) is 0 Å². The molecule has 1 aliphatic rings. The van der Waals surface area contributed by atoms with Crippen LogP contribution in [0.5, 0.6) is 0 Å². The normalized spacial score (nSPS) is 16.9. The van der Waals surface area contributed by atoms with Gasteiger partial charge in [-0.15, -0.1) is 24.8 Å². The number of halogens is 6. The Morgan fingerprint density at radius 2 is 1.78 bits per heavy atom. The average Bonchev–Trinajstić information content (AvgIpc) is 2.40. The summed E-state index contributed by atoms with van der Waals surface area (Å²) < 4.78 is 53.2. The molecule has 1 aliphatic heterocycles. The summed E-state index contributed by atoms with van der Waals surface area (Å²) in [5.41, 5.74) is -1.38. The van der Waals surface area contributed by atoms with Gasteiger partial charge in [-0.25, -0.2) is 4.39 Å². The Labute approximate surface area is 142 Å². The topological polar surface area (TPSA) is 58.4 Å². The Kier molecular flexibility index (Phi) is 8.19. The molecule has 1 heterocycles. The predicted octanol–water partition coefficient (Wildman–Crippen LogP) is 3.09. The van der Waals surface area contributed by atoms with Gasteiger partial charge >= 0.3 is 6.18 Å². The van der Waals surface area contributed by atoms with Crippen molar-refractivity contribution in [3.63, 3.8) is 0 Å². The number of hydrogen-bond donors (Lipinski definition) is 1. The van der Waals surface area contributed by atoms with Crippen LogP contribution in [0.1, 0.15) is 11.6 Å². The van der Waals surface area contributed by atoms with E-state index >= 15 is 0 Å². The Morgan fingerprint density at radius 3 is 2.26 bits per heavy atom. The maximum Gasteiger partial charge on any atom is 0.408 e. The summed E-state index contributed by atoms with van der Waals surface area (Å²) in [6.45, 7) is 0.945.